The zero-order chi connectivity index (χ0) is 25.3. The maximum atomic E-state index is 13.6. The van der Waals surface area contributed by atoms with E-state index in [2.05, 4.69) is 30.3 Å². The van der Waals surface area contributed by atoms with E-state index in [1.807, 2.05) is 6.07 Å². The number of carbonyl (C=O) groups is 1. The number of hydrogen-bond donors (Lipinski definition) is 0. The summed E-state index contributed by atoms with van der Waals surface area (Å²) < 4.78 is 18.3. The SMILES string of the molecule is O=C(CCC1CCCC1)[C@H]1[C@@H]2CC(CCCCCOCc3ccccc3)=C[C@@H]2C[C@@H]1OC1CCCCO1. The van der Waals surface area contributed by atoms with Crippen molar-refractivity contribution in [1.82, 2.24) is 0 Å². The third-order valence-corrected chi connectivity index (χ3v) is 9.37. The Labute approximate surface area is 224 Å². The predicted octanol–water partition coefficient (Wildman–Crippen LogP) is 7.80. The number of rotatable bonds is 14. The van der Waals surface area contributed by atoms with E-state index < -0.39 is 0 Å². The van der Waals surface area contributed by atoms with E-state index in [-0.39, 0.29) is 18.3 Å². The maximum absolute atomic E-state index is 13.6. The lowest BCUT2D eigenvalue weighted by atomic mass is 9.83. The topological polar surface area (TPSA) is 44.8 Å². The van der Waals surface area contributed by atoms with Gasteiger partial charge in [-0.15, -0.1) is 0 Å². The average Bonchev–Trinajstić information content (AvgIpc) is 3.65. The Balaban J connectivity index is 1.07. The zero-order valence-electron chi connectivity index (χ0n) is 22.8. The Morgan fingerprint density at radius 1 is 0.973 bits per heavy atom. The first kappa shape index (κ1) is 27.1. The van der Waals surface area contributed by atoms with Gasteiger partial charge in [-0.3, -0.25) is 4.79 Å². The second kappa shape index (κ2) is 14.1. The van der Waals surface area contributed by atoms with Crippen LogP contribution in [-0.2, 0) is 25.6 Å². The van der Waals surface area contributed by atoms with Crippen molar-refractivity contribution in [3.05, 3.63) is 47.5 Å². The second-order valence-corrected chi connectivity index (χ2v) is 12.1. The zero-order valence-corrected chi connectivity index (χ0v) is 22.8. The van der Waals surface area contributed by atoms with Gasteiger partial charge in [-0.05, 0) is 81.1 Å². The summed E-state index contributed by atoms with van der Waals surface area (Å²) in [6.45, 7) is 2.34. The lowest BCUT2D eigenvalue weighted by molar-refractivity contribution is -0.196. The third kappa shape index (κ3) is 7.77. The molecule has 0 N–H and O–H groups in total. The molecule has 3 fully saturated rings. The minimum atomic E-state index is -0.102. The van der Waals surface area contributed by atoms with Crippen LogP contribution < -0.4 is 0 Å². The Morgan fingerprint density at radius 3 is 2.62 bits per heavy atom. The molecule has 0 aromatic heterocycles. The van der Waals surface area contributed by atoms with Crippen LogP contribution in [0.15, 0.2) is 42.0 Å². The van der Waals surface area contributed by atoms with Gasteiger partial charge in [0, 0.05) is 25.6 Å². The molecule has 3 aliphatic carbocycles. The van der Waals surface area contributed by atoms with Gasteiger partial charge in [0.15, 0.2) is 6.29 Å². The van der Waals surface area contributed by atoms with Crippen LogP contribution in [0.3, 0.4) is 0 Å². The van der Waals surface area contributed by atoms with Gasteiger partial charge in [0.25, 0.3) is 0 Å². The standard InChI is InChI=1S/C33H48O4/c34-30(18-17-25-11-6-7-12-25)33-29-22-27(15-5-2-9-19-35-24-26-13-3-1-4-14-26)21-28(29)23-31(33)37-32-16-8-10-20-36-32/h1,3-4,13-14,21,25,28-29,31-33H,2,5-12,15-20,22-24H2/t28-,29-,31+,32?,33-/m1/s1. The van der Waals surface area contributed by atoms with Crippen LogP contribution >= 0.6 is 0 Å². The molecule has 4 nitrogen and oxygen atoms in total. The minimum absolute atomic E-state index is 0.0498. The fourth-order valence-corrected chi connectivity index (χ4v) is 7.37. The van der Waals surface area contributed by atoms with E-state index in [1.54, 1.807) is 5.57 Å². The molecule has 0 spiro atoms. The van der Waals surface area contributed by atoms with Crippen LogP contribution in [0.25, 0.3) is 0 Å². The molecule has 204 valence electrons. The number of unbranched alkanes of at least 4 members (excludes halogenated alkanes) is 2. The molecule has 1 saturated heterocycles. The van der Waals surface area contributed by atoms with E-state index in [0.29, 0.717) is 24.2 Å². The number of ketones is 1. The summed E-state index contributed by atoms with van der Waals surface area (Å²) in [5.74, 6) is 2.28. The van der Waals surface area contributed by atoms with Crippen molar-refractivity contribution in [1.29, 1.82) is 0 Å². The van der Waals surface area contributed by atoms with Gasteiger partial charge < -0.3 is 14.2 Å². The lowest BCUT2D eigenvalue weighted by Gasteiger charge is -2.30. The summed E-state index contributed by atoms with van der Waals surface area (Å²) in [4.78, 5) is 13.6. The number of carbonyl (C=O) groups excluding carboxylic acids is 1. The molecule has 0 bridgehead atoms. The number of Topliss-reactive ketones (excluding diaryl/α,β-unsaturated/α-hetero) is 1. The van der Waals surface area contributed by atoms with Crippen LogP contribution in [0.4, 0.5) is 0 Å². The Bertz CT molecular complexity index is 852. The van der Waals surface area contributed by atoms with E-state index in [4.69, 9.17) is 14.2 Å². The maximum Gasteiger partial charge on any atom is 0.157 e. The third-order valence-electron chi connectivity index (χ3n) is 9.37. The van der Waals surface area contributed by atoms with E-state index in [9.17, 15) is 4.79 Å². The van der Waals surface area contributed by atoms with Crippen LogP contribution in [0.1, 0.15) is 102 Å². The molecule has 2 saturated carbocycles. The number of fused-ring (bicyclic) bond motifs is 1. The molecule has 4 aliphatic rings. The molecule has 0 amide bonds. The van der Waals surface area contributed by atoms with Crippen molar-refractivity contribution in [2.24, 2.45) is 23.7 Å². The van der Waals surface area contributed by atoms with E-state index >= 15 is 0 Å². The van der Waals surface area contributed by atoms with Gasteiger partial charge in [0.2, 0.25) is 0 Å². The van der Waals surface area contributed by atoms with Crippen LogP contribution in [0.2, 0.25) is 0 Å². The highest BCUT2D eigenvalue weighted by molar-refractivity contribution is 5.82. The number of ether oxygens (including phenoxy) is 3. The van der Waals surface area contributed by atoms with Crippen molar-refractivity contribution in [3.63, 3.8) is 0 Å². The van der Waals surface area contributed by atoms with Crippen LogP contribution in [-0.4, -0.2) is 31.4 Å². The number of hydrogen-bond acceptors (Lipinski definition) is 4. The van der Waals surface area contributed by atoms with Crippen molar-refractivity contribution < 1.29 is 19.0 Å². The molecule has 1 aromatic rings. The van der Waals surface area contributed by atoms with E-state index in [0.717, 1.165) is 64.1 Å². The fourth-order valence-electron chi connectivity index (χ4n) is 7.37. The molecule has 0 radical (unpaired) electrons. The molecular weight excluding hydrogens is 460 g/mol. The number of allylic oxidation sites excluding steroid dienone is 2. The normalized spacial score (nSPS) is 29.9. The minimum Gasteiger partial charge on any atom is -0.377 e. The Kier molecular flexibility index (Phi) is 10.3. The van der Waals surface area contributed by atoms with Gasteiger partial charge >= 0.3 is 0 Å². The quantitative estimate of drug-likeness (QED) is 0.190. The highest BCUT2D eigenvalue weighted by atomic mass is 16.7. The smallest absolute Gasteiger partial charge is 0.157 e. The van der Waals surface area contributed by atoms with Crippen LogP contribution in [0, 0.1) is 23.7 Å². The molecule has 5 atom stereocenters. The van der Waals surface area contributed by atoms with Crippen molar-refractivity contribution in [2.45, 2.75) is 115 Å². The van der Waals surface area contributed by atoms with Crippen molar-refractivity contribution in [2.75, 3.05) is 13.2 Å². The molecule has 37 heavy (non-hydrogen) atoms. The molecule has 1 unspecified atom stereocenters. The lowest BCUT2D eigenvalue weighted by Crippen LogP contribution is -2.35. The first-order valence-electron chi connectivity index (χ1n) is 15.4. The van der Waals surface area contributed by atoms with Gasteiger partial charge in [-0.1, -0.05) is 74.1 Å². The molecule has 5 rings (SSSR count). The van der Waals surface area contributed by atoms with Gasteiger partial charge in [-0.2, -0.15) is 0 Å². The van der Waals surface area contributed by atoms with Crippen molar-refractivity contribution >= 4 is 5.78 Å². The van der Waals surface area contributed by atoms with Gasteiger partial charge in [0.05, 0.1) is 12.7 Å². The summed E-state index contributed by atoms with van der Waals surface area (Å²) in [5, 5.41) is 0. The first-order chi connectivity index (χ1) is 18.3. The molecular formula is C33H48O4. The predicted molar refractivity (Wildman–Crippen MR) is 147 cm³/mol. The van der Waals surface area contributed by atoms with Crippen LogP contribution in [0.5, 0.6) is 0 Å². The average molecular weight is 509 g/mol. The fraction of sp³-hybridized carbons (Fsp3) is 0.727. The highest BCUT2D eigenvalue weighted by Gasteiger charge is 2.49. The largest absolute Gasteiger partial charge is 0.377 e. The monoisotopic (exact) mass is 508 g/mol. The van der Waals surface area contributed by atoms with Gasteiger partial charge in [0.1, 0.15) is 5.78 Å². The summed E-state index contributed by atoms with van der Waals surface area (Å²) in [5.41, 5.74) is 2.83. The first-order valence-corrected chi connectivity index (χ1v) is 15.4. The number of benzene rings is 1. The van der Waals surface area contributed by atoms with Gasteiger partial charge in [-0.25, -0.2) is 0 Å². The summed E-state index contributed by atoms with van der Waals surface area (Å²) in [6.07, 6.45) is 19.8. The second-order valence-electron chi connectivity index (χ2n) is 12.1. The molecule has 1 aliphatic heterocycles. The Hall–Kier alpha value is -1.49. The highest BCUT2D eigenvalue weighted by Crippen LogP contribution is 2.50. The molecule has 1 aromatic carbocycles. The summed E-state index contributed by atoms with van der Waals surface area (Å²) >= 11 is 0. The molecule has 4 heteroatoms. The summed E-state index contributed by atoms with van der Waals surface area (Å²) in [7, 11) is 0. The Morgan fingerprint density at radius 2 is 1.81 bits per heavy atom. The van der Waals surface area contributed by atoms with E-state index in [1.165, 1.54) is 56.9 Å². The van der Waals surface area contributed by atoms with Crippen molar-refractivity contribution in [3.8, 4) is 0 Å². The summed E-state index contributed by atoms with van der Waals surface area (Å²) in [6, 6.07) is 10.4. The molecule has 1 heterocycles.